The Morgan fingerprint density at radius 3 is 1.45 bits per heavy atom. The highest BCUT2D eigenvalue weighted by Crippen LogP contribution is 2.36. The molecule has 0 saturated carbocycles. The molecule has 2 fully saturated rings. The SMILES string of the molecule is COC(=O)N[C@H](C(=O)N1C[C@H](F)C[C@H]1c1ncc(-c2ccc(-c3ccc(-c4cnc([C@@H]5C[C@@H](F)CN5C(=O)[C@@H](NC(=O)O)C(C)C)[nH]4)cc3)cc2)[nH]1)C(C)C. The monoisotopic (exact) mass is 760 g/mol. The van der Waals surface area contributed by atoms with E-state index in [1.807, 2.05) is 48.5 Å². The Kier molecular flexibility index (Phi) is 11.5. The minimum Gasteiger partial charge on any atom is -0.465 e. The second-order valence-electron chi connectivity index (χ2n) is 14.7. The van der Waals surface area contributed by atoms with Gasteiger partial charge in [0, 0.05) is 12.8 Å². The topological polar surface area (TPSA) is 186 Å². The van der Waals surface area contributed by atoms with Crippen molar-refractivity contribution in [3.05, 3.63) is 72.6 Å². The number of rotatable bonds is 11. The van der Waals surface area contributed by atoms with Crippen molar-refractivity contribution in [1.82, 2.24) is 40.4 Å². The largest absolute Gasteiger partial charge is 0.465 e. The molecule has 2 aromatic heterocycles. The predicted octanol–water partition coefficient (Wildman–Crippen LogP) is 6.03. The molecule has 292 valence electrons. The molecule has 4 aromatic rings. The van der Waals surface area contributed by atoms with Crippen molar-refractivity contribution in [3.8, 4) is 33.6 Å². The van der Waals surface area contributed by atoms with Gasteiger partial charge in [0.2, 0.25) is 11.8 Å². The lowest BCUT2D eigenvalue weighted by atomic mass is 10.0. The van der Waals surface area contributed by atoms with Crippen LogP contribution in [0.1, 0.15) is 64.3 Å². The van der Waals surface area contributed by atoms with Crippen LogP contribution in [0.15, 0.2) is 60.9 Å². The standard InChI is InChI=1S/C39H46F2N8O6/c1-20(2)32(46-38(52)53)36(50)48-18-26(40)14-30(48)34-42-16-28(44-34)24-10-6-22(7-11-24)23-8-12-25(13-9-23)29-17-43-35(45-29)31-15-27(41)19-49(31)37(51)33(21(3)4)47-39(54)55-5/h6-13,16-17,20-21,26-27,30-33,46H,14-15,18-19H2,1-5H3,(H,42,44)(H,43,45)(H,47,54)(H,52,53)/t26-,27-,30+,31+,32+,33+/m1/s1. The highest BCUT2D eigenvalue weighted by molar-refractivity contribution is 5.87. The first-order valence-corrected chi connectivity index (χ1v) is 18.3. The number of alkyl carbamates (subject to hydrolysis) is 1. The van der Waals surface area contributed by atoms with Crippen molar-refractivity contribution in [2.45, 2.75) is 77.0 Å². The number of halogens is 2. The number of carbonyl (C=O) groups excluding carboxylic acids is 3. The maximum absolute atomic E-state index is 14.7. The van der Waals surface area contributed by atoms with Crippen LogP contribution in [0.4, 0.5) is 18.4 Å². The number of ether oxygens (including phenoxy) is 1. The molecular formula is C39H46F2N8O6. The number of benzene rings is 2. The van der Waals surface area contributed by atoms with Gasteiger partial charge in [0.05, 0.1) is 56.1 Å². The number of amides is 4. The van der Waals surface area contributed by atoms with E-state index in [4.69, 9.17) is 0 Å². The number of hydrogen-bond acceptors (Lipinski definition) is 7. The third kappa shape index (κ3) is 8.47. The average molecular weight is 761 g/mol. The molecule has 6 atom stereocenters. The highest BCUT2D eigenvalue weighted by atomic mass is 19.1. The molecule has 0 bridgehead atoms. The number of carbonyl (C=O) groups is 4. The van der Waals surface area contributed by atoms with Crippen molar-refractivity contribution in [2.24, 2.45) is 11.8 Å². The van der Waals surface area contributed by atoms with Crippen LogP contribution >= 0.6 is 0 Å². The first-order valence-electron chi connectivity index (χ1n) is 18.3. The second-order valence-corrected chi connectivity index (χ2v) is 14.7. The number of aromatic nitrogens is 4. The fourth-order valence-corrected chi connectivity index (χ4v) is 7.27. The number of nitrogens with one attached hydrogen (secondary N) is 4. The number of likely N-dealkylation sites (tertiary alicyclic amines) is 2. The summed E-state index contributed by atoms with van der Waals surface area (Å²) in [5, 5.41) is 14.1. The first kappa shape index (κ1) is 38.9. The van der Waals surface area contributed by atoms with Gasteiger partial charge in [-0.25, -0.2) is 28.3 Å². The van der Waals surface area contributed by atoms with Gasteiger partial charge in [-0.2, -0.15) is 0 Å². The summed E-state index contributed by atoms with van der Waals surface area (Å²) in [5.74, 6) is -0.588. The molecule has 6 rings (SSSR count). The molecule has 4 amide bonds. The number of aromatic amines is 2. The van der Waals surface area contributed by atoms with Crippen LogP contribution in [-0.2, 0) is 14.3 Å². The fraction of sp³-hybridized carbons (Fsp3) is 0.436. The minimum atomic E-state index is -1.32. The van der Waals surface area contributed by atoms with Gasteiger partial charge in [-0.15, -0.1) is 0 Å². The quantitative estimate of drug-likeness (QED) is 0.123. The lowest BCUT2D eigenvalue weighted by molar-refractivity contribution is -0.136. The van der Waals surface area contributed by atoms with Gasteiger partial charge in [-0.05, 0) is 34.1 Å². The fourth-order valence-electron chi connectivity index (χ4n) is 7.27. The van der Waals surface area contributed by atoms with Gasteiger partial charge in [0.15, 0.2) is 0 Å². The van der Waals surface area contributed by atoms with Gasteiger partial charge < -0.3 is 40.2 Å². The molecule has 2 aromatic carbocycles. The van der Waals surface area contributed by atoms with E-state index in [1.165, 1.54) is 16.9 Å². The van der Waals surface area contributed by atoms with E-state index < -0.39 is 60.5 Å². The molecular weight excluding hydrogens is 714 g/mol. The van der Waals surface area contributed by atoms with Crippen LogP contribution in [0.2, 0.25) is 0 Å². The Hall–Kier alpha value is -5.80. The molecule has 2 aliphatic rings. The van der Waals surface area contributed by atoms with Gasteiger partial charge >= 0.3 is 12.2 Å². The third-order valence-corrected chi connectivity index (χ3v) is 10.2. The Labute approximate surface area is 317 Å². The summed E-state index contributed by atoms with van der Waals surface area (Å²) in [4.78, 5) is 68.3. The van der Waals surface area contributed by atoms with Crippen molar-refractivity contribution < 1.29 is 37.8 Å². The van der Waals surface area contributed by atoms with E-state index in [9.17, 15) is 33.1 Å². The Morgan fingerprint density at radius 2 is 1.09 bits per heavy atom. The molecule has 0 spiro atoms. The van der Waals surface area contributed by atoms with E-state index in [0.29, 0.717) is 23.0 Å². The molecule has 5 N–H and O–H groups in total. The van der Waals surface area contributed by atoms with Gasteiger partial charge in [0.1, 0.15) is 36.1 Å². The number of carboxylic acid groups (broad SMARTS) is 1. The van der Waals surface area contributed by atoms with Gasteiger partial charge in [0.25, 0.3) is 0 Å². The molecule has 14 nitrogen and oxygen atoms in total. The Morgan fingerprint density at radius 1 is 0.709 bits per heavy atom. The van der Waals surface area contributed by atoms with E-state index in [2.05, 4.69) is 35.3 Å². The van der Waals surface area contributed by atoms with Crippen molar-refractivity contribution in [2.75, 3.05) is 20.2 Å². The third-order valence-electron chi connectivity index (χ3n) is 10.2. The second kappa shape index (κ2) is 16.3. The predicted molar refractivity (Wildman–Crippen MR) is 199 cm³/mol. The summed E-state index contributed by atoms with van der Waals surface area (Å²) in [6.45, 7) is 6.80. The molecule has 0 unspecified atom stereocenters. The summed E-state index contributed by atoms with van der Waals surface area (Å²) in [5.41, 5.74) is 4.97. The summed E-state index contributed by atoms with van der Waals surface area (Å²) < 4.78 is 34.0. The average Bonchev–Trinajstić information content (AvgIpc) is 3.98. The first-order chi connectivity index (χ1) is 26.2. The number of methoxy groups -OCH3 is 1. The van der Waals surface area contributed by atoms with Crippen molar-refractivity contribution in [3.63, 3.8) is 0 Å². The van der Waals surface area contributed by atoms with Crippen LogP contribution in [-0.4, -0.2) is 103 Å². The Balaban J connectivity index is 1.13. The molecule has 2 aliphatic heterocycles. The van der Waals surface area contributed by atoms with Crippen LogP contribution in [0.3, 0.4) is 0 Å². The maximum atomic E-state index is 14.7. The molecule has 0 radical (unpaired) electrons. The number of hydrogen-bond donors (Lipinski definition) is 5. The number of H-pyrrole nitrogens is 2. The lowest BCUT2D eigenvalue weighted by Crippen LogP contribution is -2.51. The molecule has 2 saturated heterocycles. The zero-order valence-corrected chi connectivity index (χ0v) is 31.3. The number of nitrogens with zero attached hydrogens (tertiary/aromatic N) is 4. The maximum Gasteiger partial charge on any atom is 0.407 e. The number of imidazole rings is 2. The minimum absolute atomic E-state index is 0.0527. The van der Waals surface area contributed by atoms with E-state index >= 15 is 0 Å². The smallest absolute Gasteiger partial charge is 0.407 e. The van der Waals surface area contributed by atoms with Crippen molar-refractivity contribution in [1.29, 1.82) is 0 Å². The van der Waals surface area contributed by atoms with Crippen molar-refractivity contribution >= 4 is 24.0 Å². The zero-order chi connectivity index (χ0) is 39.6. The van der Waals surface area contributed by atoms with Crippen LogP contribution in [0.25, 0.3) is 33.6 Å². The highest BCUT2D eigenvalue weighted by Gasteiger charge is 2.43. The van der Waals surface area contributed by atoms with Crippen LogP contribution < -0.4 is 10.6 Å². The van der Waals surface area contributed by atoms with Crippen LogP contribution in [0.5, 0.6) is 0 Å². The zero-order valence-electron chi connectivity index (χ0n) is 31.3. The molecule has 4 heterocycles. The van der Waals surface area contributed by atoms with E-state index in [1.54, 1.807) is 40.1 Å². The molecule has 0 aliphatic carbocycles. The molecule has 55 heavy (non-hydrogen) atoms. The number of alkyl halides is 2. The summed E-state index contributed by atoms with van der Waals surface area (Å²) in [7, 11) is 1.22. The van der Waals surface area contributed by atoms with E-state index in [-0.39, 0.29) is 37.8 Å². The summed E-state index contributed by atoms with van der Waals surface area (Å²) >= 11 is 0. The summed E-state index contributed by atoms with van der Waals surface area (Å²) in [6.07, 6.45) is -1.13. The van der Waals surface area contributed by atoms with Gasteiger partial charge in [-0.3, -0.25) is 9.59 Å². The van der Waals surface area contributed by atoms with Crippen LogP contribution in [0, 0.1) is 11.8 Å². The van der Waals surface area contributed by atoms with Gasteiger partial charge in [-0.1, -0.05) is 76.2 Å². The molecule has 16 heteroatoms. The lowest BCUT2D eigenvalue weighted by Gasteiger charge is -2.29. The summed E-state index contributed by atoms with van der Waals surface area (Å²) in [6, 6.07) is 12.4. The van der Waals surface area contributed by atoms with E-state index in [0.717, 1.165) is 22.3 Å². The Bertz CT molecular complexity index is 2000. The normalized spacial score (nSPS) is 20.8.